The van der Waals surface area contributed by atoms with Gasteiger partial charge in [0.1, 0.15) is 0 Å². The second-order valence-electron chi connectivity index (χ2n) is 13.2. The predicted molar refractivity (Wildman–Crippen MR) is 219 cm³/mol. The molecule has 0 fully saturated rings. The van der Waals surface area contributed by atoms with Gasteiger partial charge in [0.05, 0.1) is 16.6 Å². The minimum absolute atomic E-state index is 1.08. The Morgan fingerprint density at radius 1 is 0.377 bits per heavy atom. The summed E-state index contributed by atoms with van der Waals surface area (Å²) in [6, 6.07) is 60.7. The highest BCUT2D eigenvalue weighted by Crippen LogP contribution is 2.42. The molecule has 0 unspecified atom stereocenters. The summed E-state index contributed by atoms with van der Waals surface area (Å²) in [6.07, 6.45) is 9.54. The molecule has 0 bridgehead atoms. The molecule has 6 aromatic carbocycles. The minimum atomic E-state index is 1.08. The number of fused-ring (bicyclic) bond motifs is 5. The Morgan fingerprint density at radius 2 is 0.887 bits per heavy atom. The van der Waals surface area contributed by atoms with Gasteiger partial charge in [0.25, 0.3) is 0 Å². The number of hydrogen-bond donors (Lipinski definition) is 0. The molecule has 5 heteroatoms. The molecule has 0 radical (unpaired) electrons. The minimum Gasteiger partial charge on any atom is -0.316 e. The van der Waals surface area contributed by atoms with E-state index in [0.29, 0.717) is 0 Å². The van der Waals surface area contributed by atoms with Gasteiger partial charge in [0.2, 0.25) is 0 Å². The van der Waals surface area contributed by atoms with Crippen LogP contribution in [0.1, 0.15) is 0 Å². The lowest BCUT2D eigenvalue weighted by Gasteiger charge is -2.26. The zero-order valence-corrected chi connectivity index (χ0v) is 28.8. The molecular formula is C48H33N5. The maximum Gasteiger partial charge on any atom is 0.0635 e. The molecule has 0 aliphatic carbocycles. The van der Waals surface area contributed by atoms with Crippen molar-refractivity contribution in [2.45, 2.75) is 0 Å². The van der Waals surface area contributed by atoms with E-state index in [1.165, 1.54) is 27.2 Å². The number of anilines is 3. The number of hydrogen-bond acceptors (Lipinski definition) is 3. The van der Waals surface area contributed by atoms with Crippen LogP contribution in [-0.4, -0.2) is 19.1 Å². The van der Waals surface area contributed by atoms with Crippen LogP contribution in [-0.2, 0) is 0 Å². The third-order valence-electron chi connectivity index (χ3n) is 10.2. The Labute approximate surface area is 307 Å². The van der Waals surface area contributed by atoms with Crippen molar-refractivity contribution in [3.8, 4) is 33.6 Å². The summed E-state index contributed by atoms with van der Waals surface area (Å²) in [7, 11) is 0. The van der Waals surface area contributed by atoms with E-state index in [1.807, 2.05) is 49.1 Å². The van der Waals surface area contributed by atoms with Crippen LogP contribution in [0, 0.1) is 0 Å². The third kappa shape index (κ3) is 5.34. The van der Waals surface area contributed by atoms with E-state index in [2.05, 4.69) is 176 Å². The van der Waals surface area contributed by atoms with Crippen LogP contribution < -0.4 is 4.90 Å². The molecule has 0 aliphatic rings. The average Bonchev–Trinajstić information content (AvgIpc) is 3.82. The van der Waals surface area contributed by atoms with Gasteiger partial charge in [-0.3, -0.25) is 9.97 Å². The Kier molecular flexibility index (Phi) is 7.40. The topological polar surface area (TPSA) is 38.9 Å². The summed E-state index contributed by atoms with van der Waals surface area (Å²) in [5.41, 5.74) is 13.6. The van der Waals surface area contributed by atoms with E-state index in [9.17, 15) is 0 Å². The number of aromatic nitrogens is 4. The molecule has 0 N–H and O–H groups in total. The first-order chi connectivity index (χ1) is 26.3. The Bertz CT molecular complexity index is 2760. The molecule has 4 aromatic heterocycles. The fourth-order valence-electron chi connectivity index (χ4n) is 7.65. The molecule has 10 rings (SSSR count). The highest BCUT2D eigenvalue weighted by Gasteiger charge is 2.20. The summed E-state index contributed by atoms with van der Waals surface area (Å²) >= 11 is 0. The van der Waals surface area contributed by atoms with Crippen LogP contribution in [0.2, 0.25) is 0 Å². The second-order valence-corrected chi connectivity index (χ2v) is 13.2. The highest BCUT2D eigenvalue weighted by atomic mass is 15.1. The van der Waals surface area contributed by atoms with Crippen molar-refractivity contribution in [2.75, 3.05) is 4.90 Å². The van der Waals surface area contributed by atoms with Crippen molar-refractivity contribution < 1.29 is 0 Å². The Balaban J connectivity index is 1.17. The highest BCUT2D eigenvalue weighted by molar-refractivity contribution is 6.19. The fraction of sp³-hybridized carbons (Fsp3) is 0. The normalized spacial score (nSPS) is 11.4. The van der Waals surface area contributed by atoms with Crippen molar-refractivity contribution in [1.29, 1.82) is 0 Å². The van der Waals surface area contributed by atoms with Gasteiger partial charge < -0.3 is 14.0 Å². The van der Waals surface area contributed by atoms with Gasteiger partial charge in [-0.1, -0.05) is 66.7 Å². The van der Waals surface area contributed by atoms with Gasteiger partial charge in [0.15, 0.2) is 0 Å². The molecule has 0 saturated carbocycles. The summed E-state index contributed by atoms with van der Waals surface area (Å²) in [6.45, 7) is 0. The smallest absolute Gasteiger partial charge is 0.0635 e. The zero-order valence-electron chi connectivity index (χ0n) is 28.8. The number of para-hydroxylation sites is 2. The largest absolute Gasteiger partial charge is 0.316 e. The molecule has 53 heavy (non-hydrogen) atoms. The van der Waals surface area contributed by atoms with Gasteiger partial charge in [-0.2, -0.15) is 0 Å². The fourth-order valence-corrected chi connectivity index (χ4v) is 7.65. The van der Waals surface area contributed by atoms with Crippen LogP contribution >= 0.6 is 0 Å². The zero-order chi connectivity index (χ0) is 35.1. The van der Waals surface area contributed by atoms with Gasteiger partial charge in [-0.25, -0.2) is 0 Å². The van der Waals surface area contributed by atoms with Crippen molar-refractivity contribution in [1.82, 2.24) is 19.1 Å². The monoisotopic (exact) mass is 679 g/mol. The first-order valence-corrected chi connectivity index (χ1v) is 17.8. The lowest BCUT2D eigenvalue weighted by atomic mass is 10.0. The second kappa shape index (κ2) is 12.8. The van der Waals surface area contributed by atoms with Crippen LogP contribution in [0.4, 0.5) is 17.1 Å². The van der Waals surface area contributed by atoms with Crippen molar-refractivity contribution in [3.05, 3.63) is 201 Å². The quantitative estimate of drug-likeness (QED) is 0.168. The molecule has 0 amide bonds. The Morgan fingerprint density at radius 3 is 1.47 bits per heavy atom. The number of pyridine rings is 2. The van der Waals surface area contributed by atoms with Crippen LogP contribution in [0.15, 0.2) is 201 Å². The molecule has 10 aromatic rings. The van der Waals surface area contributed by atoms with Gasteiger partial charge in [-0.05, 0) is 125 Å². The summed E-state index contributed by atoms with van der Waals surface area (Å²) in [5.74, 6) is 0. The van der Waals surface area contributed by atoms with Crippen molar-refractivity contribution in [2.24, 2.45) is 0 Å². The van der Waals surface area contributed by atoms with Crippen LogP contribution in [0.3, 0.4) is 0 Å². The lowest BCUT2D eigenvalue weighted by molar-refractivity contribution is 1.13. The lowest BCUT2D eigenvalue weighted by Crippen LogP contribution is -2.10. The maximum absolute atomic E-state index is 4.21. The van der Waals surface area contributed by atoms with Gasteiger partial charge in [0, 0.05) is 75.6 Å². The van der Waals surface area contributed by atoms with E-state index >= 15 is 0 Å². The number of benzene rings is 6. The van der Waals surface area contributed by atoms with Crippen LogP contribution in [0.5, 0.6) is 0 Å². The van der Waals surface area contributed by atoms with Crippen molar-refractivity contribution >= 4 is 49.8 Å². The Hall–Kier alpha value is -7.24. The van der Waals surface area contributed by atoms with E-state index in [0.717, 1.165) is 56.2 Å². The maximum atomic E-state index is 4.21. The number of rotatable bonds is 7. The molecule has 250 valence electrons. The first kappa shape index (κ1) is 30.6. The summed E-state index contributed by atoms with van der Waals surface area (Å²) in [5, 5.41) is 3.62. The SMILES string of the molecule is c1ccc(-n2ccc3c2ccc2c4cc(N(c5ccc(-c6ccncc6)cc5)c5ccc(-c6ccncc6)cc5)ccc4n(-c4ccccc4)c23)cc1. The summed E-state index contributed by atoms with van der Waals surface area (Å²) in [4.78, 5) is 10.8. The van der Waals surface area contributed by atoms with Gasteiger partial charge >= 0.3 is 0 Å². The molecule has 0 saturated heterocycles. The predicted octanol–water partition coefficient (Wildman–Crippen LogP) is 12.3. The molecule has 0 atom stereocenters. The van der Waals surface area contributed by atoms with Crippen LogP contribution in [0.25, 0.3) is 66.3 Å². The van der Waals surface area contributed by atoms with E-state index in [-0.39, 0.29) is 0 Å². The first-order valence-electron chi connectivity index (χ1n) is 17.8. The molecule has 4 heterocycles. The van der Waals surface area contributed by atoms with E-state index in [4.69, 9.17) is 0 Å². The number of nitrogens with zero attached hydrogens (tertiary/aromatic N) is 5. The van der Waals surface area contributed by atoms with Crippen molar-refractivity contribution in [3.63, 3.8) is 0 Å². The van der Waals surface area contributed by atoms with E-state index in [1.54, 1.807) is 0 Å². The summed E-state index contributed by atoms with van der Waals surface area (Å²) < 4.78 is 4.70. The molecule has 5 nitrogen and oxygen atoms in total. The third-order valence-corrected chi connectivity index (χ3v) is 10.2. The standard InChI is InChI=1S/C48H33N5/c1-3-7-38(8-4-1)51-32-27-44-46(51)22-20-43-45-33-42(19-21-47(45)53(48(43)44)39-9-5-2-6-10-39)52(40-15-11-34(12-16-40)36-23-28-49-29-24-36)41-17-13-35(14-18-41)37-25-30-50-31-26-37/h1-33H. The average molecular weight is 680 g/mol. The van der Waals surface area contributed by atoms with Gasteiger partial charge in [-0.15, -0.1) is 0 Å². The molecular weight excluding hydrogens is 647 g/mol. The molecule has 0 spiro atoms. The van der Waals surface area contributed by atoms with E-state index < -0.39 is 0 Å². The molecule has 0 aliphatic heterocycles.